The largest absolute Gasteiger partial charge is 0.481 e. The lowest BCUT2D eigenvalue weighted by molar-refractivity contribution is -0.384. The summed E-state index contributed by atoms with van der Waals surface area (Å²) in [6.07, 6.45) is -2.15. The van der Waals surface area contributed by atoms with Crippen LogP contribution >= 0.6 is 0 Å². The number of carbonyl (C=O) groups is 4. The standard InChI is InChI=1S/C31H32FN5O7/c1-31(2,3)21-12-10-19(11-13-21)29(41)35-14-15-36(30(42)33-23-8-5-7-22(32)17-23)28(35)27(40)34-25(18-26(38)39)20-6-4-9-24(16-20)37(43)44/h4-13,16-17,25,28H,14-15,18H2,1-3H3,(H,33,42)(H,34,40)(H,38,39). The number of non-ortho nitro benzene ring substituents is 1. The number of hydrogen-bond acceptors (Lipinski definition) is 6. The number of carbonyl (C=O) groups excluding carboxylic acids is 3. The highest BCUT2D eigenvalue weighted by atomic mass is 19.1. The van der Waals surface area contributed by atoms with Crippen molar-refractivity contribution in [2.45, 2.75) is 44.8 Å². The molecule has 1 heterocycles. The van der Waals surface area contributed by atoms with Crippen LogP contribution in [0.3, 0.4) is 0 Å². The van der Waals surface area contributed by atoms with Crippen LogP contribution < -0.4 is 10.6 Å². The van der Waals surface area contributed by atoms with Gasteiger partial charge in [-0.25, -0.2) is 9.18 Å². The van der Waals surface area contributed by atoms with E-state index in [0.717, 1.165) is 22.6 Å². The molecule has 0 radical (unpaired) electrons. The number of nitrogens with one attached hydrogen (secondary N) is 2. The van der Waals surface area contributed by atoms with E-state index in [2.05, 4.69) is 10.6 Å². The fourth-order valence-corrected chi connectivity index (χ4v) is 4.90. The number of benzene rings is 3. The monoisotopic (exact) mass is 605 g/mol. The quantitative estimate of drug-likeness (QED) is 0.248. The van der Waals surface area contributed by atoms with Crippen molar-refractivity contribution < 1.29 is 33.6 Å². The van der Waals surface area contributed by atoms with E-state index in [1.807, 2.05) is 20.8 Å². The molecule has 3 aromatic carbocycles. The van der Waals surface area contributed by atoms with E-state index in [1.165, 1.54) is 41.3 Å². The Bertz CT molecular complexity index is 1590. The van der Waals surface area contributed by atoms with E-state index in [4.69, 9.17) is 0 Å². The summed E-state index contributed by atoms with van der Waals surface area (Å²) in [6, 6.07) is 15.2. The minimum Gasteiger partial charge on any atom is -0.481 e. The number of anilines is 1. The maximum Gasteiger partial charge on any atom is 0.323 e. The van der Waals surface area contributed by atoms with Gasteiger partial charge in [-0.3, -0.25) is 29.4 Å². The Balaban J connectivity index is 1.67. The number of hydrogen-bond donors (Lipinski definition) is 3. The van der Waals surface area contributed by atoms with E-state index < -0.39 is 53.2 Å². The van der Waals surface area contributed by atoms with Crippen molar-refractivity contribution in [3.8, 4) is 0 Å². The van der Waals surface area contributed by atoms with E-state index in [0.29, 0.717) is 0 Å². The van der Waals surface area contributed by atoms with Crippen LogP contribution in [0.25, 0.3) is 0 Å². The van der Waals surface area contributed by atoms with Crippen molar-refractivity contribution in [1.29, 1.82) is 0 Å². The van der Waals surface area contributed by atoms with Crippen LogP contribution in [0.2, 0.25) is 0 Å². The highest BCUT2D eigenvalue weighted by Crippen LogP contribution is 2.27. The maximum absolute atomic E-state index is 13.9. The molecule has 12 nitrogen and oxygen atoms in total. The molecule has 1 aliphatic heterocycles. The van der Waals surface area contributed by atoms with Gasteiger partial charge >= 0.3 is 12.0 Å². The molecule has 3 aromatic rings. The Labute approximate surface area is 252 Å². The summed E-state index contributed by atoms with van der Waals surface area (Å²) in [5.41, 5.74) is 1.05. The summed E-state index contributed by atoms with van der Waals surface area (Å²) < 4.78 is 13.8. The Morgan fingerprint density at radius 3 is 2.27 bits per heavy atom. The van der Waals surface area contributed by atoms with Crippen molar-refractivity contribution in [3.05, 3.63) is 105 Å². The number of aliphatic carboxylic acids is 1. The van der Waals surface area contributed by atoms with Crippen LogP contribution in [-0.4, -0.2) is 62.9 Å². The molecule has 2 atom stereocenters. The van der Waals surface area contributed by atoms with Crippen molar-refractivity contribution in [2.75, 3.05) is 18.4 Å². The first-order chi connectivity index (χ1) is 20.7. The van der Waals surface area contributed by atoms with Crippen LogP contribution in [0.1, 0.15) is 54.7 Å². The molecule has 3 N–H and O–H groups in total. The Hall–Kier alpha value is -5.33. The second kappa shape index (κ2) is 12.9. The van der Waals surface area contributed by atoms with Crippen molar-refractivity contribution in [1.82, 2.24) is 15.1 Å². The molecule has 1 aliphatic rings. The van der Waals surface area contributed by atoms with Gasteiger partial charge in [-0.1, -0.05) is 51.1 Å². The van der Waals surface area contributed by atoms with Gasteiger partial charge in [-0.05, 0) is 46.9 Å². The van der Waals surface area contributed by atoms with Gasteiger partial charge < -0.3 is 20.6 Å². The predicted molar refractivity (Wildman–Crippen MR) is 158 cm³/mol. The summed E-state index contributed by atoms with van der Waals surface area (Å²) in [5.74, 6) is -3.31. The van der Waals surface area contributed by atoms with Crippen LogP contribution in [0.4, 0.5) is 20.6 Å². The zero-order valence-electron chi connectivity index (χ0n) is 24.3. The highest BCUT2D eigenvalue weighted by molar-refractivity contribution is 6.00. The molecule has 1 saturated heterocycles. The summed E-state index contributed by atoms with van der Waals surface area (Å²) in [6.45, 7) is 5.97. The lowest BCUT2D eigenvalue weighted by atomic mass is 9.86. The van der Waals surface area contributed by atoms with E-state index >= 15 is 0 Å². The first-order valence-corrected chi connectivity index (χ1v) is 13.8. The molecular weight excluding hydrogens is 573 g/mol. The first-order valence-electron chi connectivity index (χ1n) is 13.8. The summed E-state index contributed by atoms with van der Waals surface area (Å²) in [4.78, 5) is 65.6. The van der Waals surface area contributed by atoms with Crippen LogP contribution in [0, 0.1) is 15.9 Å². The number of nitro benzene ring substituents is 1. The molecule has 4 amide bonds. The number of urea groups is 1. The summed E-state index contributed by atoms with van der Waals surface area (Å²) in [5, 5.41) is 26.0. The topological polar surface area (TPSA) is 162 Å². The smallest absolute Gasteiger partial charge is 0.323 e. The lowest BCUT2D eigenvalue weighted by Gasteiger charge is -2.31. The van der Waals surface area contributed by atoms with Crippen molar-refractivity contribution in [3.63, 3.8) is 0 Å². The zero-order valence-corrected chi connectivity index (χ0v) is 24.3. The predicted octanol–water partition coefficient (Wildman–Crippen LogP) is 4.68. The van der Waals surface area contributed by atoms with Gasteiger partial charge in [0.2, 0.25) is 0 Å². The van der Waals surface area contributed by atoms with E-state index in [-0.39, 0.29) is 41.0 Å². The van der Waals surface area contributed by atoms with Crippen LogP contribution in [0.15, 0.2) is 72.8 Å². The molecule has 0 bridgehead atoms. The van der Waals surface area contributed by atoms with Gasteiger partial charge in [-0.15, -0.1) is 0 Å². The molecule has 0 aliphatic carbocycles. The number of carboxylic acids is 1. The third-order valence-electron chi connectivity index (χ3n) is 7.18. The van der Waals surface area contributed by atoms with Gasteiger partial charge in [0.25, 0.3) is 17.5 Å². The van der Waals surface area contributed by atoms with Gasteiger partial charge in [0.15, 0.2) is 6.17 Å². The molecule has 0 aromatic heterocycles. The molecular formula is C31H32FN5O7. The number of rotatable bonds is 8. The average molecular weight is 606 g/mol. The number of carboxylic acid groups (broad SMARTS) is 1. The van der Waals surface area contributed by atoms with Crippen molar-refractivity contribution in [2.24, 2.45) is 0 Å². The summed E-state index contributed by atoms with van der Waals surface area (Å²) in [7, 11) is 0. The molecule has 44 heavy (non-hydrogen) atoms. The zero-order chi connectivity index (χ0) is 32.2. The SMILES string of the molecule is CC(C)(C)c1ccc(C(=O)N2CCN(C(=O)Nc3cccc(F)c3)C2C(=O)NC(CC(=O)O)c2cccc([N+](=O)[O-])c2)cc1. The first kappa shape index (κ1) is 31.6. The minimum absolute atomic E-state index is 0.0328. The number of amides is 4. The van der Waals surface area contributed by atoms with Gasteiger partial charge in [-0.2, -0.15) is 0 Å². The normalized spacial score (nSPS) is 15.4. The molecule has 0 spiro atoms. The molecule has 13 heteroatoms. The van der Waals surface area contributed by atoms with Gasteiger partial charge in [0.05, 0.1) is 17.4 Å². The molecule has 2 unspecified atom stereocenters. The third kappa shape index (κ3) is 7.35. The molecule has 0 saturated carbocycles. The molecule has 4 rings (SSSR count). The van der Waals surface area contributed by atoms with E-state index in [9.17, 15) is 38.8 Å². The second-order valence-electron chi connectivity index (χ2n) is 11.3. The summed E-state index contributed by atoms with van der Waals surface area (Å²) >= 11 is 0. The van der Waals surface area contributed by atoms with Gasteiger partial charge in [0.1, 0.15) is 5.82 Å². The highest BCUT2D eigenvalue weighted by Gasteiger charge is 2.44. The minimum atomic E-state index is -1.52. The average Bonchev–Trinajstić information content (AvgIpc) is 3.41. The number of nitrogens with zero attached hydrogens (tertiary/aromatic N) is 3. The Morgan fingerprint density at radius 1 is 1.00 bits per heavy atom. The van der Waals surface area contributed by atoms with Crippen LogP contribution in [0.5, 0.6) is 0 Å². The third-order valence-corrected chi connectivity index (χ3v) is 7.18. The Morgan fingerprint density at radius 2 is 1.66 bits per heavy atom. The van der Waals surface area contributed by atoms with Gasteiger partial charge in [0, 0.05) is 36.5 Å². The number of halogens is 1. The molecule has 230 valence electrons. The molecule has 1 fully saturated rings. The maximum atomic E-state index is 13.9. The van der Waals surface area contributed by atoms with E-state index in [1.54, 1.807) is 24.3 Å². The van der Waals surface area contributed by atoms with Crippen molar-refractivity contribution >= 4 is 35.2 Å². The lowest BCUT2D eigenvalue weighted by Crippen LogP contribution is -2.55. The number of nitro groups is 1. The Kier molecular flexibility index (Phi) is 9.26. The second-order valence-corrected chi connectivity index (χ2v) is 11.3. The fraction of sp³-hybridized carbons (Fsp3) is 0.290. The fourth-order valence-electron chi connectivity index (χ4n) is 4.90. The van der Waals surface area contributed by atoms with Crippen LogP contribution in [-0.2, 0) is 15.0 Å².